The molecule has 2 aromatic heterocycles. The maximum atomic E-state index is 13.3. The van der Waals surface area contributed by atoms with Gasteiger partial charge in [-0.1, -0.05) is 42.5 Å². The van der Waals surface area contributed by atoms with E-state index in [2.05, 4.69) is 24.3 Å². The van der Waals surface area contributed by atoms with Crippen LogP contribution in [0.15, 0.2) is 90.0 Å². The highest BCUT2D eigenvalue weighted by molar-refractivity contribution is 7.90. The third kappa shape index (κ3) is 3.77. The molecular formula is C24H21ClN2O2S2. The summed E-state index contributed by atoms with van der Waals surface area (Å²) in [5, 5.41) is 2.14. The Labute approximate surface area is 191 Å². The molecule has 0 amide bonds. The van der Waals surface area contributed by atoms with Crippen molar-refractivity contribution in [3.63, 3.8) is 0 Å². The summed E-state index contributed by atoms with van der Waals surface area (Å²) in [6.45, 7) is 0.456. The van der Waals surface area contributed by atoms with Crippen molar-refractivity contribution in [2.45, 2.75) is 11.3 Å². The van der Waals surface area contributed by atoms with Crippen molar-refractivity contribution >= 4 is 54.8 Å². The quantitative estimate of drug-likeness (QED) is 0.360. The number of aromatic nitrogens is 1. The van der Waals surface area contributed by atoms with Crippen LogP contribution in [0.4, 0.5) is 0 Å². The maximum Gasteiger partial charge on any atom is 0.268 e. The lowest BCUT2D eigenvalue weighted by molar-refractivity contribution is 0.589. The van der Waals surface area contributed by atoms with E-state index in [1.54, 1.807) is 41.8 Å². The van der Waals surface area contributed by atoms with Gasteiger partial charge in [-0.3, -0.25) is 0 Å². The van der Waals surface area contributed by atoms with Gasteiger partial charge >= 0.3 is 0 Å². The van der Waals surface area contributed by atoms with Crippen LogP contribution in [-0.2, 0) is 16.4 Å². The first-order chi connectivity index (χ1) is 14.6. The summed E-state index contributed by atoms with van der Waals surface area (Å²) < 4.78 is 29.2. The Morgan fingerprint density at radius 2 is 1.65 bits per heavy atom. The average Bonchev–Trinajstić information content (AvgIpc) is 3.36. The largest absolute Gasteiger partial charge is 0.330 e. The molecule has 0 bridgehead atoms. The summed E-state index contributed by atoms with van der Waals surface area (Å²) in [5.41, 5.74) is 8.52. The van der Waals surface area contributed by atoms with Gasteiger partial charge in [0, 0.05) is 21.2 Å². The van der Waals surface area contributed by atoms with Crippen LogP contribution in [0.3, 0.4) is 0 Å². The van der Waals surface area contributed by atoms with Gasteiger partial charge in [-0.2, -0.15) is 0 Å². The van der Waals surface area contributed by atoms with Crippen LogP contribution in [0.5, 0.6) is 0 Å². The van der Waals surface area contributed by atoms with E-state index in [1.165, 1.54) is 14.1 Å². The minimum Gasteiger partial charge on any atom is -0.330 e. The highest BCUT2D eigenvalue weighted by Gasteiger charge is 2.21. The molecule has 3 aromatic carbocycles. The van der Waals surface area contributed by atoms with Gasteiger partial charge in [0.1, 0.15) is 0 Å². The molecule has 0 saturated carbocycles. The minimum atomic E-state index is -3.68. The molecule has 5 rings (SSSR count). The van der Waals surface area contributed by atoms with Crippen LogP contribution in [0, 0.1) is 0 Å². The summed E-state index contributed by atoms with van der Waals surface area (Å²) >= 11 is 1.74. The van der Waals surface area contributed by atoms with E-state index in [9.17, 15) is 8.42 Å². The molecule has 0 spiro atoms. The molecule has 5 aromatic rings. The van der Waals surface area contributed by atoms with Crippen LogP contribution in [0.25, 0.3) is 31.4 Å². The zero-order valence-electron chi connectivity index (χ0n) is 16.6. The number of benzene rings is 3. The Kier molecular flexibility index (Phi) is 5.90. The van der Waals surface area contributed by atoms with E-state index in [0.717, 1.165) is 21.4 Å². The summed E-state index contributed by atoms with van der Waals surface area (Å²) in [4.78, 5) is 1.44. The molecule has 0 atom stereocenters. The van der Waals surface area contributed by atoms with Crippen LogP contribution in [0.2, 0.25) is 0 Å². The molecule has 158 valence electrons. The average molecular weight is 469 g/mol. The molecule has 0 aliphatic heterocycles. The van der Waals surface area contributed by atoms with Crippen molar-refractivity contribution < 1.29 is 8.42 Å². The molecule has 0 aliphatic rings. The minimum absolute atomic E-state index is 0. The van der Waals surface area contributed by atoms with E-state index >= 15 is 0 Å². The number of hydrogen-bond acceptors (Lipinski definition) is 4. The fourth-order valence-corrected chi connectivity index (χ4v) is 6.27. The third-order valence-corrected chi connectivity index (χ3v) is 8.13. The van der Waals surface area contributed by atoms with Gasteiger partial charge < -0.3 is 5.73 Å². The standard InChI is InChI=1S/C24H20N2O2S2.ClH/c25-13-12-19-16-26(30(27,28)20-7-2-1-3-8-20)22-11-10-18(14-21(19)22)24-15-17-6-4-5-9-23(17)29-24;/h1-11,14-16H,12-13,25H2;1H. The number of nitrogens with zero attached hydrogens (tertiary/aromatic N) is 1. The summed E-state index contributed by atoms with van der Waals surface area (Å²) in [5.74, 6) is 0. The first kappa shape index (κ1) is 21.6. The second kappa shape index (κ2) is 8.48. The van der Waals surface area contributed by atoms with Gasteiger partial charge in [0.05, 0.1) is 10.4 Å². The lowest BCUT2D eigenvalue weighted by Gasteiger charge is -2.08. The van der Waals surface area contributed by atoms with Crippen molar-refractivity contribution in [2.24, 2.45) is 5.73 Å². The van der Waals surface area contributed by atoms with E-state index in [-0.39, 0.29) is 17.3 Å². The van der Waals surface area contributed by atoms with E-state index in [0.29, 0.717) is 18.5 Å². The Morgan fingerprint density at radius 3 is 2.39 bits per heavy atom. The summed E-state index contributed by atoms with van der Waals surface area (Å²) in [6, 6.07) is 25.0. The van der Waals surface area contributed by atoms with Gasteiger partial charge in [-0.15, -0.1) is 23.7 Å². The van der Waals surface area contributed by atoms with Gasteiger partial charge in [-0.25, -0.2) is 12.4 Å². The van der Waals surface area contributed by atoms with Crippen molar-refractivity contribution in [1.29, 1.82) is 0 Å². The lowest BCUT2D eigenvalue weighted by atomic mass is 10.1. The summed E-state index contributed by atoms with van der Waals surface area (Å²) in [6.07, 6.45) is 2.33. The number of nitrogens with two attached hydrogens (primary N) is 1. The topological polar surface area (TPSA) is 65.1 Å². The molecule has 0 aliphatic carbocycles. The Morgan fingerprint density at radius 1 is 0.903 bits per heavy atom. The van der Waals surface area contributed by atoms with Crippen molar-refractivity contribution in [1.82, 2.24) is 3.97 Å². The predicted octanol–water partition coefficient (Wildman–Crippen LogP) is 5.68. The van der Waals surface area contributed by atoms with Crippen LogP contribution in [-0.4, -0.2) is 18.9 Å². The fourth-order valence-electron chi connectivity index (χ4n) is 3.80. The Bertz CT molecular complexity index is 1440. The molecule has 2 heterocycles. The van der Waals surface area contributed by atoms with Gasteiger partial charge in [0.25, 0.3) is 10.0 Å². The number of halogens is 1. The molecule has 7 heteroatoms. The summed E-state index contributed by atoms with van der Waals surface area (Å²) in [7, 11) is -3.68. The molecule has 0 radical (unpaired) electrons. The maximum absolute atomic E-state index is 13.3. The normalized spacial score (nSPS) is 11.6. The highest BCUT2D eigenvalue weighted by atomic mass is 35.5. The number of thiophene rings is 1. The SMILES string of the molecule is Cl.NCCc1cn(S(=O)(=O)c2ccccc2)c2ccc(-c3cc4ccccc4s3)cc12. The highest BCUT2D eigenvalue weighted by Crippen LogP contribution is 2.36. The Hall–Kier alpha value is -2.64. The van der Waals surface area contributed by atoms with Gasteiger partial charge in [0.2, 0.25) is 0 Å². The van der Waals surface area contributed by atoms with Crippen LogP contribution in [0.1, 0.15) is 5.56 Å². The zero-order valence-corrected chi connectivity index (χ0v) is 19.0. The number of hydrogen-bond donors (Lipinski definition) is 1. The zero-order chi connectivity index (χ0) is 20.7. The van der Waals surface area contributed by atoms with Crippen LogP contribution < -0.4 is 5.73 Å². The number of fused-ring (bicyclic) bond motifs is 2. The second-order valence-electron chi connectivity index (χ2n) is 7.19. The van der Waals surface area contributed by atoms with Gasteiger partial charge in [-0.05, 0) is 65.9 Å². The van der Waals surface area contributed by atoms with Crippen LogP contribution >= 0.6 is 23.7 Å². The molecule has 2 N–H and O–H groups in total. The van der Waals surface area contributed by atoms with E-state index in [1.807, 2.05) is 30.3 Å². The smallest absolute Gasteiger partial charge is 0.268 e. The molecular weight excluding hydrogens is 448 g/mol. The first-order valence-corrected chi connectivity index (χ1v) is 12.0. The molecule has 31 heavy (non-hydrogen) atoms. The van der Waals surface area contributed by atoms with Crippen molar-refractivity contribution in [2.75, 3.05) is 6.54 Å². The lowest BCUT2D eigenvalue weighted by Crippen LogP contribution is -2.11. The van der Waals surface area contributed by atoms with Crippen molar-refractivity contribution in [3.8, 4) is 10.4 Å². The Balaban J connectivity index is 0.00000231. The fraction of sp³-hybridized carbons (Fsp3) is 0.0833. The molecule has 0 fully saturated rings. The van der Waals surface area contributed by atoms with Crippen molar-refractivity contribution in [3.05, 3.63) is 90.6 Å². The predicted molar refractivity (Wildman–Crippen MR) is 132 cm³/mol. The second-order valence-corrected chi connectivity index (χ2v) is 10.1. The molecule has 0 saturated heterocycles. The van der Waals surface area contributed by atoms with E-state index < -0.39 is 10.0 Å². The van der Waals surface area contributed by atoms with Gasteiger partial charge in [0.15, 0.2) is 0 Å². The number of rotatable bonds is 5. The molecule has 4 nitrogen and oxygen atoms in total. The monoisotopic (exact) mass is 468 g/mol. The third-order valence-electron chi connectivity index (χ3n) is 5.28. The van der Waals surface area contributed by atoms with E-state index in [4.69, 9.17) is 5.73 Å². The first-order valence-electron chi connectivity index (χ1n) is 9.71. The molecule has 0 unspecified atom stereocenters.